The Bertz CT molecular complexity index is 713. The number of phenolic OH excluding ortho intramolecular Hbond substituents is 1. The standard InChI is InChI=1S/C16H13ClN2O3/c17-10-1-3-11(4-2-10)18-14-9-15(21)19(16(14)22)12-5-7-13(20)8-6-12/h1-8,14,18,20H,9H2. The van der Waals surface area contributed by atoms with Crippen LogP contribution in [0.1, 0.15) is 6.42 Å². The van der Waals surface area contributed by atoms with E-state index in [9.17, 15) is 14.7 Å². The Labute approximate surface area is 132 Å². The van der Waals surface area contributed by atoms with Gasteiger partial charge in [0.15, 0.2) is 0 Å². The number of carbonyl (C=O) groups is 2. The number of phenols is 1. The van der Waals surface area contributed by atoms with E-state index >= 15 is 0 Å². The van der Waals surface area contributed by atoms with Crippen molar-refractivity contribution in [1.29, 1.82) is 0 Å². The highest BCUT2D eigenvalue weighted by molar-refractivity contribution is 6.30. The second-order valence-corrected chi connectivity index (χ2v) is 5.43. The van der Waals surface area contributed by atoms with Crippen molar-refractivity contribution in [3.63, 3.8) is 0 Å². The molecule has 22 heavy (non-hydrogen) atoms. The molecule has 1 saturated heterocycles. The topological polar surface area (TPSA) is 69.6 Å². The van der Waals surface area contributed by atoms with Gasteiger partial charge in [-0.05, 0) is 48.5 Å². The van der Waals surface area contributed by atoms with Gasteiger partial charge in [0, 0.05) is 10.7 Å². The molecule has 1 heterocycles. The van der Waals surface area contributed by atoms with Crippen LogP contribution in [-0.4, -0.2) is 23.0 Å². The van der Waals surface area contributed by atoms with E-state index in [1.807, 2.05) is 0 Å². The molecule has 1 atom stereocenters. The maximum atomic E-state index is 12.4. The van der Waals surface area contributed by atoms with Gasteiger partial charge in [0.05, 0.1) is 12.1 Å². The smallest absolute Gasteiger partial charge is 0.256 e. The van der Waals surface area contributed by atoms with Gasteiger partial charge in [0.25, 0.3) is 5.91 Å². The molecule has 2 aromatic carbocycles. The highest BCUT2D eigenvalue weighted by Gasteiger charge is 2.39. The van der Waals surface area contributed by atoms with Crippen molar-refractivity contribution < 1.29 is 14.7 Å². The fraction of sp³-hybridized carbons (Fsp3) is 0.125. The summed E-state index contributed by atoms with van der Waals surface area (Å²) in [6, 6.07) is 12.3. The van der Waals surface area contributed by atoms with E-state index in [-0.39, 0.29) is 24.0 Å². The first-order chi connectivity index (χ1) is 10.5. The maximum Gasteiger partial charge on any atom is 0.256 e. The largest absolute Gasteiger partial charge is 0.508 e. The van der Waals surface area contributed by atoms with Crippen molar-refractivity contribution in [1.82, 2.24) is 0 Å². The van der Waals surface area contributed by atoms with Crippen molar-refractivity contribution >= 4 is 34.8 Å². The monoisotopic (exact) mass is 316 g/mol. The lowest BCUT2D eigenvalue weighted by Gasteiger charge is -2.16. The van der Waals surface area contributed by atoms with Crippen LogP contribution in [0.2, 0.25) is 5.02 Å². The molecule has 0 saturated carbocycles. The van der Waals surface area contributed by atoms with Gasteiger partial charge in [-0.2, -0.15) is 0 Å². The Kier molecular flexibility index (Phi) is 3.73. The second-order valence-electron chi connectivity index (χ2n) is 4.99. The van der Waals surface area contributed by atoms with Gasteiger partial charge in [-0.3, -0.25) is 9.59 Å². The average Bonchev–Trinajstić information content (AvgIpc) is 2.77. The highest BCUT2D eigenvalue weighted by Crippen LogP contribution is 2.26. The Morgan fingerprint density at radius 1 is 1.05 bits per heavy atom. The van der Waals surface area contributed by atoms with E-state index in [0.717, 1.165) is 10.6 Å². The summed E-state index contributed by atoms with van der Waals surface area (Å²) in [6.45, 7) is 0. The zero-order chi connectivity index (χ0) is 15.7. The molecule has 112 valence electrons. The number of nitrogens with one attached hydrogen (secondary N) is 1. The number of anilines is 2. The number of hydrogen-bond acceptors (Lipinski definition) is 4. The average molecular weight is 317 g/mol. The van der Waals surface area contributed by atoms with E-state index in [4.69, 9.17) is 11.6 Å². The van der Waals surface area contributed by atoms with E-state index in [0.29, 0.717) is 10.7 Å². The van der Waals surface area contributed by atoms with Crippen LogP contribution in [0, 0.1) is 0 Å². The third kappa shape index (κ3) is 2.76. The molecule has 1 fully saturated rings. The molecule has 6 heteroatoms. The normalized spacial score (nSPS) is 17.9. The van der Waals surface area contributed by atoms with Crippen molar-refractivity contribution in [2.75, 3.05) is 10.2 Å². The Morgan fingerprint density at radius 2 is 1.68 bits per heavy atom. The molecule has 5 nitrogen and oxygen atoms in total. The molecular formula is C16H13ClN2O3. The number of halogens is 1. The number of aromatic hydroxyl groups is 1. The summed E-state index contributed by atoms with van der Waals surface area (Å²) in [6.07, 6.45) is 0.0857. The van der Waals surface area contributed by atoms with Gasteiger partial charge >= 0.3 is 0 Å². The number of hydrogen-bond donors (Lipinski definition) is 2. The van der Waals surface area contributed by atoms with Crippen molar-refractivity contribution in [3.8, 4) is 5.75 Å². The molecule has 0 aromatic heterocycles. The molecule has 2 aromatic rings. The van der Waals surface area contributed by atoms with Crippen LogP contribution < -0.4 is 10.2 Å². The third-order valence-corrected chi connectivity index (χ3v) is 3.69. The Balaban J connectivity index is 1.79. The first-order valence-electron chi connectivity index (χ1n) is 6.72. The summed E-state index contributed by atoms with van der Waals surface area (Å²) in [4.78, 5) is 25.7. The van der Waals surface area contributed by atoms with Gasteiger partial charge in [0.1, 0.15) is 11.8 Å². The first kappa shape index (κ1) is 14.4. The van der Waals surface area contributed by atoms with Gasteiger partial charge in [-0.15, -0.1) is 0 Å². The fourth-order valence-corrected chi connectivity index (χ4v) is 2.49. The molecule has 0 bridgehead atoms. The van der Waals surface area contributed by atoms with Crippen LogP contribution >= 0.6 is 11.6 Å². The molecule has 2 amide bonds. The summed E-state index contributed by atoms with van der Waals surface area (Å²) in [5, 5.41) is 12.9. The number of imide groups is 1. The van der Waals surface area contributed by atoms with Crippen molar-refractivity contribution in [3.05, 3.63) is 53.6 Å². The summed E-state index contributed by atoms with van der Waals surface area (Å²) in [5.74, 6) is -0.508. The van der Waals surface area contributed by atoms with Crippen LogP contribution in [0.15, 0.2) is 48.5 Å². The summed E-state index contributed by atoms with van der Waals surface area (Å²) < 4.78 is 0. The quantitative estimate of drug-likeness (QED) is 0.854. The van der Waals surface area contributed by atoms with Crippen LogP contribution in [0.5, 0.6) is 5.75 Å². The molecule has 1 aliphatic rings. The number of amides is 2. The fourth-order valence-electron chi connectivity index (χ4n) is 2.36. The first-order valence-corrected chi connectivity index (χ1v) is 7.10. The zero-order valence-electron chi connectivity index (χ0n) is 11.5. The zero-order valence-corrected chi connectivity index (χ0v) is 12.2. The summed E-state index contributed by atoms with van der Waals surface area (Å²) in [7, 11) is 0. The lowest BCUT2D eigenvalue weighted by atomic mass is 10.2. The predicted octanol–water partition coefficient (Wildman–Crippen LogP) is 2.79. The summed E-state index contributed by atoms with van der Waals surface area (Å²) >= 11 is 5.82. The molecule has 1 unspecified atom stereocenters. The second kappa shape index (κ2) is 5.69. The van der Waals surface area contributed by atoms with Crippen LogP contribution in [-0.2, 0) is 9.59 Å². The highest BCUT2D eigenvalue weighted by atomic mass is 35.5. The Morgan fingerprint density at radius 3 is 2.32 bits per heavy atom. The number of rotatable bonds is 3. The SMILES string of the molecule is O=C1CC(Nc2ccc(Cl)cc2)C(=O)N1c1ccc(O)cc1. The van der Waals surface area contributed by atoms with E-state index in [2.05, 4.69) is 5.32 Å². The molecule has 3 rings (SSSR count). The third-order valence-electron chi connectivity index (χ3n) is 3.44. The molecular weight excluding hydrogens is 304 g/mol. The van der Waals surface area contributed by atoms with Gasteiger partial charge in [-0.1, -0.05) is 11.6 Å². The number of benzene rings is 2. The minimum absolute atomic E-state index is 0.0821. The number of nitrogens with zero attached hydrogens (tertiary/aromatic N) is 1. The van der Waals surface area contributed by atoms with E-state index in [1.165, 1.54) is 24.3 Å². The van der Waals surface area contributed by atoms with Gasteiger partial charge in [-0.25, -0.2) is 4.90 Å². The van der Waals surface area contributed by atoms with Crippen LogP contribution in [0.25, 0.3) is 0 Å². The van der Waals surface area contributed by atoms with Gasteiger partial charge < -0.3 is 10.4 Å². The molecule has 0 spiro atoms. The van der Waals surface area contributed by atoms with E-state index in [1.54, 1.807) is 24.3 Å². The van der Waals surface area contributed by atoms with Gasteiger partial charge in [0.2, 0.25) is 5.91 Å². The number of carbonyl (C=O) groups excluding carboxylic acids is 2. The lowest BCUT2D eigenvalue weighted by Crippen LogP contribution is -2.34. The lowest BCUT2D eigenvalue weighted by molar-refractivity contribution is -0.121. The summed E-state index contributed by atoms with van der Waals surface area (Å²) in [5.41, 5.74) is 1.18. The molecule has 0 radical (unpaired) electrons. The van der Waals surface area contributed by atoms with Crippen molar-refractivity contribution in [2.45, 2.75) is 12.5 Å². The van der Waals surface area contributed by atoms with Crippen LogP contribution in [0.3, 0.4) is 0 Å². The molecule has 2 N–H and O–H groups in total. The van der Waals surface area contributed by atoms with Crippen molar-refractivity contribution in [2.24, 2.45) is 0 Å². The minimum atomic E-state index is -0.609. The minimum Gasteiger partial charge on any atom is -0.508 e. The Hall–Kier alpha value is -2.53. The van der Waals surface area contributed by atoms with E-state index < -0.39 is 6.04 Å². The molecule has 1 aliphatic heterocycles. The maximum absolute atomic E-state index is 12.4. The predicted molar refractivity (Wildman–Crippen MR) is 84.1 cm³/mol. The molecule has 0 aliphatic carbocycles. The van der Waals surface area contributed by atoms with Crippen LogP contribution in [0.4, 0.5) is 11.4 Å².